The summed E-state index contributed by atoms with van der Waals surface area (Å²) in [5.41, 5.74) is 2.25. The van der Waals surface area contributed by atoms with E-state index >= 15 is 0 Å². The van der Waals surface area contributed by atoms with Crippen molar-refractivity contribution in [2.45, 2.75) is 32.7 Å². The lowest BCUT2D eigenvalue weighted by molar-refractivity contribution is 0.575. The van der Waals surface area contributed by atoms with Gasteiger partial charge in [-0.2, -0.15) is 0 Å². The molecule has 0 saturated carbocycles. The topological polar surface area (TPSA) is 58.2 Å². The van der Waals surface area contributed by atoms with Crippen LogP contribution in [0.4, 0.5) is 0 Å². The quantitative estimate of drug-likeness (QED) is 0.678. The lowest BCUT2D eigenvalue weighted by Gasteiger charge is -2.10. The highest BCUT2D eigenvalue weighted by atomic mass is 32.2. The van der Waals surface area contributed by atoms with Gasteiger partial charge in [-0.3, -0.25) is 0 Å². The Morgan fingerprint density at radius 1 is 1.11 bits per heavy atom. The van der Waals surface area contributed by atoms with E-state index in [0.29, 0.717) is 13.0 Å². The van der Waals surface area contributed by atoms with Crippen molar-refractivity contribution in [3.05, 3.63) is 35.4 Å². The van der Waals surface area contributed by atoms with E-state index in [-0.39, 0.29) is 5.75 Å². The molecule has 0 spiro atoms. The van der Waals surface area contributed by atoms with Gasteiger partial charge < -0.3 is 5.32 Å². The van der Waals surface area contributed by atoms with E-state index in [4.69, 9.17) is 0 Å². The first-order valence-corrected chi connectivity index (χ1v) is 8.43. The summed E-state index contributed by atoms with van der Waals surface area (Å²) in [4.78, 5) is 0. The van der Waals surface area contributed by atoms with Crippen LogP contribution in [0.3, 0.4) is 0 Å². The summed E-state index contributed by atoms with van der Waals surface area (Å²) in [6.45, 7) is 3.32. The second-order valence-electron chi connectivity index (χ2n) is 4.57. The number of aryl methyl sites for hydroxylation is 1. The molecule has 1 aromatic rings. The van der Waals surface area contributed by atoms with Gasteiger partial charge >= 0.3 is 0 Å². The Kier molecular flexibility index (Phi) is 7.05. The normalized spacial score (nSPS) is 11.7. The third-order valence-electron chi connectivity index (χ3n) is 3.07. The van der Waals surface area contributed by atoms with Gasteiger partial charge in [0.1, 0.15) is 0 Å². The predicted molar refractivity (Wildman–Crippen MR) is 79.6 cm³/mol. The Hall–Kier alpha value is -0.910. The SMILES string of the molecule is CCc1ccccc1CNS(=O)(=O)CCCCNC. The van der Waals surface area contributed by atoms with E-state index in [2.05, 4.69) is 17.0 Å². The van der Waals surface area contributed by atoms with Crippen LogP contribution in [0, 0.1) is 0 Å². The van der Waals surface area contributed by atoms with Crippen LogP contribution in [-0.4, -0.2) is 27.8 Å². The van der Waals surface area contributed by atoms with Crippen molar-refractivity contribution in [2.24, 2.45) is 0 Å². The molecule has 0 heterocycles. The predicted octanol–water partition coefficient (Wildman–Crippen LogP) is 1.67. The fourth-order valence-corrected chi connectivity index (χ4v) is 3.03. The number of hydrogen-bond acceptors (Lipinski definition) is 3. The highest BCUT2D eigenvalue weighted by molar-refractivity contribution is 7.89. The van der Waals surface area contributed by atoms with Crippen LogP contribution >= 0.6 is 0 Å². The van der Waals surface area contributed by atoms with Crippen molar-refractivity contribution in [2.75, 3.05) is 19.3 Å². The number of hydrogen-bond donors (Lipinski definition) is 2. The summed E-state index contributed by atoms with van der Waals surface area (Å²) in [5, 5.41) is 3.01. The molecule has 0 amide bonds. The molecule has 4 nitrogen and oxygen atoms in total. The molecule has 5 heteroatoms. The summed E-state index contributed by atoms with van der Waals surface area (Å²) in [6.07, 6.45) is 2.48. The molecule has 0 aromatic heterocycles. The first-order chi connectivity index (χ1) is 9.09. The van der Waals surface area contributed by atoms with Crippen LogP contribution < -0.4 is 10.0 Å². The van der Waals surface area contributed by atoms with Gasteiger partial charge in [0.05, 0.1) is 5.75 Å². The third-order valence-corrected chi connectivity index (χ3v) is 4.48. The van der Waals surface area contributed by atoms with Gasteiger partial charge in [-0.1, -0.05) is 31.2 Å². The van der Waals surface area contributed by atoms with E-state index in [1.807, 2.05) is 31.3 Å². The van der Waals surface area contributed by atoms with Crippen molar-refractivity contribution in [3.63, 3.8) is 0 Å². The maximum atomic E-state index is 11.8. The summed E-state index contributed by atoms with van der Waals surface area (Å²) < 4.78 is 26.3. The number of nitrogens with one attached hydrogen (secondary N) is 2. The molecule has 1 rings (SSSR count). The average Bonchev–Trinajstić information content (AvgIpc) is 2.42. The fourth-order valence-electron chi connectivity index (χ4n) is 1.93. The van der Waals surface area contributed by atoms with Gasteiger partial charge in [0.2, 0.25) is 10.0 Å². The molecule has 19 heavy (non-hydrogen) atoms. The van der Waals surface area contributed by atoms with Gasteiger partial charge in [0.15, 0.2) is 0 Å². The highest BCUT2D eigenvalue weighted by Crippen LogP contribution is 2.09. The molecule has 1 aromatic carbocycles. The van der Waals surface area contributed by atoms with Crippen LogP contribution in [0.15, 0.2) is 24.3 Å². The Balaban J connectivity index is 2.46. The van der Waals surface area contributed by atoms with Crippen LogP contribution in [0.1, 0.15) is 30.9 Å². The fraction of sp³-hybridized carbons (Fsp3) is 0.571. The Morgan fingerprint density at radius 3 is 2.42 bits per heavy atom. The average molecular weight is 284 g/mol. The second-order valence-corrected chi connectivity index (χ2v) is 6.50. The van der Waals surface area contributed by atoms with Crippen LogP contribution in [-0.2, 0) is 23.0 Å². The Bertz CT molecular complexity index is 472. The third kappa shape index (κ3) is 6.18. The lowest BCUT2D eigenvalue weighted by Crippen LogP contribution is -2.26. The van der Waals surface area contributed by atoms with Crippen LogP contribution in [0.25, 0.3) is 0 Å². The van der Waals surface area contributed by atoms with Crippen molar-refractivity contribution in [3.8, 4) is 0 Å². The molecule has 0 aliphatic heterocycles. The monoisotopic (exact) mass is 284 g/mol. The molecular weight excluding hydrogens is 260 g/mol. The molecule has 0 radical (unpaired) electrons. The molecular formula is C14H24N2O2S. The van der Waals surface area contributed by atoms with E-state index < -0.39 is 10.0 Å². The maximum absolute atomic E-state index is 11.8. The summed E-state index contributed by atoms with van der Waals surface area (Å²) in [6, 6.07) is 7.93. The van der Waals surface area contributed by atoms with Crippen molar-refractivity contribution in [1.29, 1.82) is 0 Å². The molecule has 0 fully saturated rings. The number of benzene rings is 1. The van der Waals surface area contributed by atoms with Gasteiger partial charge in [0.25, 0.3) is 0 Å². The molecule has 2 N–H and O–H groups in total. The minimum atomic E-state index is -3.16. The molecule has 0 aliphatic carbocycles. The zero-order valence-corrected chi connectivity index (χ0v) is 12.6. The maximum Gasteiger partial charge on any atom is 0.211 e. The van der Waals surface area contributed by atoms with Crippen molar-refractivity contribution in [1.82, 2.24) is 10.0 Å². The molecule has 0 atom stereocenters. The van der Waals surface area contributed by atoms with E-state index in [0.717, 1.165) is 24.9 Å². The standard InChI is InChI=1S/C14H24N2O2S/c1-3-13-8-4-5-9-14(13)12-16-19(17,18)11-7-6-10-15-2/h4-5,8-9,15-16H,3,6-7,10-12H2,1-2H3. The largest absolute Gasteiger partial charge is 0.320 e. The minimum absolute atomic E-state index is 0.197. The van der Waals surface area contributed by atoms with E-state index in [9.17, 15) is 8.42 Å². The first-order valence-electron chi connectivity index (χ1n) is 6.77. The van der Waals surface area contributed by atoms with E-state index in [1.54, 1.807) is 0 Å². The zero-order chi connectivity index (χ0) is 14.1. The smallest absolute Gasteiger partial charge is 0.211 e. The second kappa shape index (κ2) is 8.30. The number of rotatable bonds is 9. The first kappa shape index (κ1) is 16.1. The van der Waals surface area contributed by atoms with Gasteiger partial charge in [-0.05, 0) is 44.0 Å². The van der Waals surface area contributed by atoms with E-state index in [1.165, 1.54) is 5.56 Å². The summed E-state index contributed by atoms with van der Waals surface area (Å²) >= 11 is 0. The lowest BCUT2D eigenvalue weighted by atomic mass is 10.1. The molecule has 0 saturated heterocycles. The number of unbranched alkanes of at least 4 members (excludes halogenated alkanes) is 1. The van der Waals surface area contributed by atoms with Crippen LogP contribution in [0.2, 0.25) is 0 Å². The molecule has 108 valence electrons. The van der Waals surface area contributed by atoms with Crippen molar-refractivity contribution < 1.29 is 8.42 Å². The summed E-state index contributed by atoms with van der Waals surface area (Å²) in [7, 11) is -1.29. The molecule has 0 unspecified atom stereocenters. The molecule has 0 bridgehead atoms. The van der Waals surface area contributed by atoms with Crippen molar-refractivity contribution >= 4 is 10.0 Å². The molecule has 0 aliphatic rings. The van der Waals surface area contributed by atoms with Gasteiger partial charge in [-0.15, -0.1) is 0 Å². The Morgan fingerprint density at radius 2 is 1.79 bits per heavy atom. The van der Waals surface area contributed by atoms with Crippen LogP contribution in [0.5, 0.6) is 0 Å². The zero-order valence-electron chi connectivity index (χ0n) is 11.8. The van der Waals surface area contributed by atoms with Gasteiger partial charge in [0, 0.05) is 6.54 Å². The Labute approximate surface area is 116 Å². The highest BCUT2D eigenvalue weighted by Gasteiger charge is 2.10. The number of sulfonamides is 1. The minimum Gasteiger partial charge on any atom is -0.320 e. The van der Waals surface area contributed by atoms with Gasteiger partial charge in [-0.25, -0.2) is 13.1 Å². The summed E-state index contributed by atoms with van der Waals surface area (Å²) in [5.74, 6) is 0.197.